The van der Waals surface area contributed by atoms with Crippen LogP contribution in [0.25, 0.3) is 0 Å². The van der Waals surface area contributed by atoms with E-state index < -0.39 is 46.7 Å². The number of benzene rings is 1. The SMILES string of the molecule is CCOC(=O)C1(C(=O)OCC)[C@H](c2ccccc2)[C@@H](C(=O)OC)C[C@@H]1C(C)(C)ON1C(C)(C)CCCC1(C)C. The molecule has 1 saturated heterocycles. The zero-order valence-electron chi connectivity index (χ0n) is 25.2. The molecule has 1 aromatic rings. The largest absolute Gasteiger partial charge is 0.469 e. The Balaban J connectivity index is 2.28. The van der Waals surface area contributed by atoms with Gasteiger partial charge in [-0.05, 0) is 86.6 Å². The van der Waals surface area contributed by atoms with Gasteiger partial charge in [0.1, 0.15) is 0 Å². The first-order valence-corrected chi connectivity index (χ1v) is 14.2. The van der Waals surface area contributed by atoms with E-state index in [4.69, 9.17) is 19.0 Å². The molecule has 2 fully saturated rings. The van der Waals surface area contributed by atoms with Crippen molar-refractivity contribution in [3.63, 3.8) is 0 Å². The molecule has 1 aliphatic heterocycles. The summed E-state index contributed by atoms with van der Waals surface area (Å²) in [6.07, 6.45) is 3.14. The second-order valence-electron chi connectivity index (χ2n) is 12.6. The van der Waals surface area contributed by atoms with Crippen LogP contribution in [0.1, 0.15) is 92.6 Å². The van der Waals surface area contributed by atoms with Crippen molar-refractivity contribution >= 4 is 17.9 Å². The molecule has 0 radical (unpaired) electrons. The fraction of sp³-hybridized carbons (Fsp3) is 0.710. The van der Waals surface area contributed by atoms with Gasteiger partial charge in [-0.25, -0.2) is 0 Å². The lowest BCUT2D eigenvalue weighted by Gasteiger charge is -2.55. The van der Waals surface area contributed by atoms with Crippen molar-refractivity contribution < 1.29 is 33.4 Å². The minimum atomic E-state index is -1.83. The van der Waals surface area contributed by atoms with Crippen LogP contribution in [0.2, 0.25) is 0 Å². The van der Waals surface area contributed by atoms with Gasteiger partial charge in [0.25, 0.3) is 0 Å². The quantitative estimate of drug-likeness (QED) is 0.230. The Labute approximate surface area is 233 Å². The monoisotopic (exact) mass is 545 g/mol. The summed E-state index contributed by atoms with van der Waals surface area (Å²) in [4.78, 5) is 48.6. The van der Waals surface area contributed by atoms with Crippen LogP contribution < -0.4 is 0 Å². The van der Waals surface area contributed by atoms with Gasteiger partial charge in [-0.15, -0.1) is 0 Å². The topological polar surface area (TPSA) is 91.4 Å². The van der Waals surface area contributed by atoms with Gasteiger partial charge in [-0.3, -0.25) is 19.2 Å². The highest BCUT2D eigenvalue weighted by Crippen LogP contribution is 2.62. The second kappa shape index (κ2) is 11.6. The molecule has 0 amide bonds. The lowest BCUT2D eigenvalue weighted by Crippen LogP contribution is -2.63. The predicted molar refractivity (Wildman–Crippen MR) is 148 cm³/mol. The molecule has 3 atom stereocenters. The number of esters is 3. The summed E-state index contributed by atoms with van der Waals surface area (Å²) < 4.78 is 16.5. The minimum absolute atomic E-state index is 0.0740. The molecule has 2 aliphatic rings. The lowest BCUT2D eigenvalue weighted by atomic mass is 9.64. The van der Waals surface area contributed by atoms with Crippen molar-refractivity contribution in [1.82, 2.24) is 5.06 Å². The third-order valence-corrected chi connectivity index (χ3v) is 8.66. The smallest absolute Gasteiger partial charge is 0.324 e. The van der Waals surface area contributed by atoms with Crippen LogP contribution in [-0.4, -0.2) is 60.0 Å². The molecule has 39 heavy (non-hydrogen) atoms. The van der Waals surface area contributed by atoms with Crippen LogP contribution in [0.3, 0.4) is 0 Å². The highest BCUT2D eigenvalue weighted by Gasteiger charge is 2.72. The molecule has 1 aromatic carbocycles. The van der Waals surface area contributed by atoms with Crippen LogP contribution in [0, 0.1) is 17.3 Å². The second-order valence-corrected chi connectivity index (χ2v) is 12.6. The molecule has 3 rings (SSSR count). The van der Waals surface area contributed by atoms with Gasteiger partial charge in [0, 0.05) is 22.9 Å². The van der Waals surface area contributed by atoms with Crippen molar-refractivity contribution in [1.29, 1.82) is 0 Å². The Kier molecular flexibility index (Phi) is 9.22. The molecule has 0 spiro atoms. The number of nitrogens with zero attached hydrogens (tertiary/aromatic N) is 1. The maximum absolute atomic E-state index is 14.2. The van der Waals surface area contributed by atoms with Gasteiger partial charge >= 0.3 is 17.9 Å². The number of methoxy groups -OCH3 is 1. The minimum Gasteiger partial charge on any atom is -0.469 e. The Hall–Kier alpha value is -2.45. The highest BCUT2D eigenvalue weighted by molar-refractivity contribution is 6.03. The van der Waals surface area contributed by atoms with Crippen molar-refractivity contribution in [2.24, 2.45) is 17.3 Å². The summed E-state index contributed by atoms with van der Waals surface area (Å²) in [6.45, 7) is 15.9. The van der Waals surface area contributed by atoms with Gasteiger partial charge in [0.05, 0.1) is 31.8 Å². The van der Waals surface area contributed by atoms with Gasteiger partial charge in [-0.1, -0.05) is 30.3 Å². The van der Waals surface area contributed by atoms with Crippen molar-refractivity contribution in [2.45, 2.75) is 104 Å². The number of piperidine rings is 1. The normalized spacial score (nSPS) is 26.0. The van der Waals surface area contributed by atoms with Crippen molar-refractivity contribution in [2.75, 3.05) is 20.3 Å². The van der Waals surface area contributed by atoms with Crippen molar-refractivity contribution in [3.05, 3.63) is 35.9 Å². The molecule has 8 heteroatoms. The molecule has 0 N–H and O–H groups in total. The van der Waals surface area contributed by atoms with Crippen molar-refractivity contribution in [3.8, 4) is 0 Å². The average molecular weight is 546 g/mol. The molecule has 218 valence electrons. The standard InChI is InChI=1S/C31H47NO7/c1-10-37-26(34)31(27(35)38-11-2)23(20-22(25(33)36-9)24(31)21-16-13-12-14-17-21)30(7,8)39-32-28(3,4)18-15-19-29(32,5)6/h12-14,16-17,22-24H,10-11,15,18-20H2,1-9H3/t22-,23+,24+/m0/s1. The molecular weight excluding hydrogens is 498 g/mol. The molecule has 0 bridgehead atoms. The number of hydrogen-bond donors (Lipinski definition) is 0. The van der Waals surface area contributed by atoms with E-state index >= 15 is 0 Å². The number of ether oxygens (including phenoxy) is 3. The summed E-state index contributed by atoms with van der Waals surface area (Å²) in [5.74, 6) is -4.31. The molecule has 8 nitrogen and oxygen atoms in total. The molecule has 1 heterocycles. The number of hydrogen-bond acceptors (Lipinski definition) is 8. The van der Waals surface area contributed by atoms with Crippen LogP contribution in [0.5, 0.6) is 0 Å². The van der Waals surface area contributed by atoms with Crippen LogP contribution in [-0.2, 0) is 33.4 Å². The average Bonchev–Trinajstić information content (AvgIpc) is 3.25. The fourth-order valence-electron chi connectivity index (χ4n) is 7.13. The fourth-order valence-corrected chi connectivity index (χ4v) is 7.13. The van der Waals surface area contributed by atoms with E-state index in [-0.39, 0.29) is 30.7 Å². The van der Waals surface area contributed by atoms with Crippen LogP contribution >= 0.6 is 0 Å². The van der Waals surface area contributed by atoms with Crippen LogP contribution in [0.15, 0.2) is 30.3 Å². The van der Waals surface area contributed by atoms with E-state index in [0.717, 1.165) is 19.3 Å². The van der Waals surface area contributed by atoms with Gasteiger partial charge < -0.3 is 14.2 Å². The van der Waals surface area contributed by atoms with E-state index in [2.05, 4.69) is 27.7 Å². The molecule has 0 unspecified atom stereocenters. The molecule has 0 aromatic heterocycles. The third-order valence-electron chi connectivity index (χ3n) is 8.66. The van der Waals surface area contributed by atoms with E-state index in [9.17, 15) is 14.4 Å². The number of carbonyl (C=O) groups excluding carboxylic acids is 3. The van der Waals surface area contributed by atoms with Gasteiger partial charge in [0.2, 0.25) is 0 Å². The molecule has 1 aliphatic carbocycles. The maximum Gasteiger partial charge on any atom is 0.324 e. The van der Waals surface area contributed by atoms with E-state index in [1.165, 1.54) is 7.11 Å². The third kappa shape index (κ3) is 5.60. The van der Waals surface area contributed by atoms with Gasteiger partial charge in [-0.2, -0.15) is 5.06 Å². The summed E-state index contributed by atoms with van der Waals surface area (Å²) in [5, 5.41) is 2.04. The number of rotatable bonds is 9. The van der Waals surface area contributed by atoms with Gasteiger partial charge in [0.15, 0.2) is 5.41 Å². The first-order valence-electron chi connectivity index (χ1n) is 14.2. The Morgan fingerprint density at radius 2 is 1.44 bits per heavy atom. The summed E-state index contributed by atoms with van der Waals surface area (Å²) in [5.41, 5.74) is -2.80. The zero-order valence-corrected chi connectivity index (χ0v) is 25.2. The maximum atomic E-state index is 14.2. The summed E-state index contributed by atoms with van der Waals surface area (Å²) in [7, 11) is 1.33. The molecular formula is C31H47NO7. The van der Waals surface area contributed by atoms with E-state index in [1.54, 1.807) is 13.8 Å². The Bertz CT molecular complexity index is 999. The lowest BCUT2D eigenvalue weighted by molar-refractivity contribution is -0.343. The van der Waals surface area contributed by atoms with E-state index in [1.807, 2.05) is 49.2 Å². The zero-order chi connectivity index (χ0) is 29.2. The number of hydroxylamine groups is 2. The summed E-state index contributed by atoms with van der Waals surface area (Å²) >= 11 is 0. The first-order chi connectivity index (χ1) is 18.2. The summed E-state index contributed by atoms with van der Waals surface area (Å²) in [6, 6.07) is 9.19. The Morgan fingerprint density at radius 3 is 1.90 bits per heavy atom. The van der Waals surface area contributed by atoms with E-state index in [0.29, 0.717) is 5.56 Å². The Morgan fingerprint density at radius 1 is 0.923 bits per heavy atom. The number of carbonyl (C=O) groups is 3. The molecule has 1 saturated carbocycles. The predicted octanol–water partition coefficient (Wildman–Crippen LogP) is 5.45. The van der Waals surface area contributed by atoms with Crippen LogP contribution in [0.4, 0.5) is 0 Å². The first kappa shape index (κ1) is 31.1. The highest BCUT2D eigenvalue weighted by atomic mass is 16.7.